The second-order valence-corrected chi connectivity index (χ2v) is 20.5. The third-order valence-electron chi connectivity index (χ3n) is 16.1. The molecule has 0 heterocycles. The molecule has 0 radical (unpaired) electrons. The van der Waals surface area contributed by atoms with E-state index in [1.807, 2.05) is 0 Å². The van der Waals surface area contributed by atoms with Crippen molar-refractivity contribution in [2.24, 2.45) is 29.1 Å². The van der Waals surface area contributed by atoms with Crippen molar-refractivity contribution >= 4 is 17.1 Å². The summed E-state index contributed by atoms with van der Waals surface area (Å²) in [6.07, 6.45) is 8.26. The summed E-state index contributed by atoms with van der Waals surface area (Å²) < 4.78 is 0. The molecular weight excluding hydrogens is 639 g/mol. The molecule has 2 bridgehead atoms. The van der Waals surface area contributed by atoms with Gasteiger partial charge in [0.2, 0.25) is 0 Å². The molecular formula is C52H55N. The fourth-order valence-corrected chi connectivity index (χ4v) is 13.7. The predicted molar refractivity (Wildman–Crippen MR) is 222 cm³/mol. The van der Waals surface area contributed by atoms with Crippen LogP contribution in [-0.4, -0.2) is 0 Å². The van der Waals surface area contributed by atoms with Gasteiger partial charge in [-0.05, 0) is 170 Å². The second-order valence-electron chi connectivity index (χ2n) is 20.5. The molecule has 5 aromatic carbocycles. The van der Waals surface area contributed by atoms with Gasteiger partial charge >= 0.3 is 0 Å². The number of anilines is 3. The molecule has 6 atom stereocenters. The highest BCUT2D eigenvalue weighted by atomic mass is 15.1. The van der Waals surface area contributed by atoms with E-state index in [4.69, 9.17) is 0 Å². The Bertz CT molecular complexity index is 2320. The van der Waals surface area contributed by atoms with Crippen LogP contribution in [0.3, 0.4) is 0 Å². The first-order chi connectivity index (χ1) is 25.3. The highest BCUT2D eigenvalue weighted by Gasteiger charge is 2.84. The average molecular weight is 694 g/mol. The first-order valence-electron chi connectivity index (χ1n) is 20.7. The van der Waals surface area contributed by atoms with Gasteiger partial charge in [0, 0.05) is 22.5 Å². The van der Waals surface area contributed by atoms with E-state index in [1.54, 1.807) is 11.1 Å². The van der Waals surface area contributed by atoms with Crippen LogP contribution in [0, 0.1) is 29.1 Å². The molecule has 1 nitrogen and oxygen atoms in total. The van der Waals surface area contributed by atoms with E-state index >= 15 is 0 Å². The standard InChI is InChI=1S/C52H55N/c1-48(2,3)34-19-17-33(18-20-34)40-28-38(53(36-13-9-8-10-14-36)37-21-22-42-43(29-37)50(6,7)24-23-49(42,4)5)30-44-47(40)39-15-11-12-16-41(39)52(44)45-26-32-25-35-27-46(52)51(35,45)31-32/h8-22,28-30,32,35,45-46H,23-27,31H2,1-7H3. The van der Waals surface area contributed by atoms with Crippen LogP contribution in [0.5, 0.6) is 0 Å². The Morgan fingerprint density at radius 3 is 1.98 bits per heavy atom. The van der Waals surface area contributed by atoms with Crippen LogP contribution in [-0.2, 0) is 21.7 Å². The molecule has 2 spiro atoms. The normalized spacial score (nSPS) is 30.2. The third-order valence-corrected chi connectivity index (χ3v) is 16.1. The summed E-state index contributed by atoms with van der Waals surface area (Å²) in [7, 11) is 0. The number of benzene rings is 5. The summed E-state index contributed by atoms with van der Waals surface area (Å²) in [6, 6.07) is 43.2. The highest BCUT2D eigenvalue weighted by Crippen LogP contribution is 2.90. The molecule has 6 unspecified atom stereocenters. The van der Waals surface area contributed by atoms with Crippen molar-refractivity contribution in [1.82, 2.24) is 0 Å². The molecule has 0 amide bonds. The fourth-order valence-electron chi connectivity index (χ4n) is 13.7. The van der Waals surface area contributed by atoms with Crippen LogP contribution in [0.2, 0.25) is 0 Å². The minimum atomic E-state index is 0.112. The monoisotopic (exact) mass is 693 g/mol. The quantitative estimate of drug-likeness (QED) is 0.181. The predicted octanol–water partition coefficient (Wildman–Crippen LogP) is 13.8. The van der Waals surface area contributed by atoms with Crippen LogP contribution in [0.4, 0.5) is 17.1 Å². The van der Waals surface area contributed by atoms with Crippen molar-refractivity contribution in [2.45, 2.75) is 109 Å². The number of nitrogens with zero attached hydrogens (tertiary/aromatic N) is 1. The molecule has 4 fully saturated rings. The van der Waals surface area contributed by atoms with Gasteiger partial charge in [-0.15, -0.1) is 0 Å². The van der Waals surface area contributed by atoms with E-state index in [0.717, 1.165) is 23.7 Å². The zero-order valence-corrected chi connectivity index (χ0v) is 32.9. The minimum absolute atomic E-state index is 0.112. The summed E-state index contributed by atoms with van der Waals surface area (Å²) in [4.78, 5) is 2.60. The molecule has 6 aliphatic rings. The molecule has 0 aliphatic heterocycles. The van der Waals surface area contributed by atoms with Gasteiger partial charge < -0.3 is 4.90 Å². The summed E-state index contributed by atoms with van der Waals surface area (Å²) in [5.74, 6) is 3.43. The van der Waals surface area contributed by atoms with Gasteiger partial charge in [0.25, 0.3) is 0 Å². The molecule has 0 saturated heterocycles. The maximum atomic E-state index is 2.69. The van der Waals surface area contributed by atoms with E-state index in [1.165, 1.54) is 94.5 Å². The highest BCUT2D eigenvalue weighted by molar-refractivity contribution is 5.97. The van der Waals surface area contributed by atoms with Crippen LogP contribution in [0.15, 0.2) is 109 Å². The van der Waals surface area contributed by atoms with Gasteiger partial charge in [0.1, 0.15) is 0 Å². The maximum absolute atomic E-state index is 2.69. The van der Waals surface area contributed by atoms with Crippen molar-refractivity contribution in [3.63, 3.8) is 0 Å². The average Bonchev–Trinajstić information content (AvgIpc) is 3.77. The van der Waals surface area contributed by atoms with Crippen molar-refractivity contribution in [2.75, 3.05) is 4.90 Å². The zero-order chi connectivity index (χ0) is 36.3. The molecule has 0 aromatic heterocycles. The Labute approximate surface area is 317 Å². The minimum Gasteiger partial charge on any atom is -0.310 e. The van der Waals surface area contributed by atoms with E-state index in [-0.39, 0.29) is 21.7 Å². The number of hydrogen-bond donors (Lipinski definition) is 0. The van der Waals surface area contributed by atoms with Crippen LogP contribution < -0.4 is 4.90 Å². The molecule has 0 N–H and O–H groups in total. The lowest BCUT2D eigenvalue weighted by atomic mass is 9.27. The van der Waals surface area contributed by atoms with E-state index < -0.39 is 0 Å². The lowest BCUT2D eigenvalue weighted by molar-refractivity contribution is -0.231. The zero-order valence-electron chi connectivity index (χ0n) is 32.9. The lowest BCUT2D eigenvalue weighted by Crippen LogP contribution is -2.73. The first kappa shape index (κ1) is 32.3. The van der Waals surface area contributed by atoms with Gasteiger partial charge in [-0.25, -0.2) is 0 Å². The first-order valence-corrected chi connectivity index (χ1v) is 20.7. The topological polar surface area (TPSA) is 3.24 Å². The maximum Gasteiger partial charge on any atom is 0.0471 e. The number of para-hydroxylation sites is 1. The van der Waals surface area contributed by atoms with E-state index in [2.05, 4.69) is 163 Å². The Hall–Kier alpha value is -4.10. The molecule has 6 aliphatic carbocycles. The molecule has 5 aromatic rings. The summed E-state index contributed by atoms with van der Waals surface area (Å²) in [5, 5.41) is 0. The number of hydrogen-bond acceptors (Lipinski definition) is 1. The lowest BCUT2D eigenvalue weighted by Gasteiger charge is -2.76. The molecule has 4 saturated carbocycles. The van der Waals surface area contributed by atoms with Crippen molar-refractivity contribution in [3.05, 3.63) is 137 Å². The van der Waals surface area contributed by atoms with Crippen LogP contribution in [0.25, 0.3) is 22.3 Å². The van der Waals surface area contributed by atoms with Crippen LogP contribution >= 0.6 is 0 Å². The van der Waals surface area contributed by atoms with Gasteiger partial charge in [0.15, 0.2) is 0 Å². The second kappa shape index (κ2) is 10.3. The summed E-state index contributed by atoms with van der Waals surface area (Å²) >= 11 is 0. The number of rotatable bonds is 4. The Morgan fingerprint density at radius 1 is 0.566 bits per heavy atom. The van der Waals surface area contributed by atoms with Crippen molar-refractivity contribution < 1.29 is 0 Å². The number of fused-ring (bicyclic) bond motifs is 9. The van der Waals surface area contributed by atoms with E-state index in [0.29, 0.717) is 5.41 Å². The molecule has 268 valence electrons. The van der Waals surface area contributed by atoms with Gasteiger partial charge in [0.05, 0.1) is 0 Å². The summed E-state index contributed by atoms with van der Waals surface area (Å²) in [5.41, 5.74) is 18.3. The Kier molecular flexibility index (Phi) is 6.31. The largest absolute Gasteiger partial charge is 0.310 e. The smallest absolute Gasteiger partial charge is 0.0471 e. The van der Waals surface area contributed by atoms with Gasteiger partial charge in [-0.2, -0.15) is 0 Å². The molecule has 53 heavy (non-hydrogen) atoms. The SMILES string of the molecule is CC(C)(C)c1ccc(-c2cc(N(c3ccccc3)c3ccc4c(c3)C(C)(C)CCC4(C)C)cc3c2-c2ccccc2C32C3CC4CC5CC2C53C4)cc1. The van der Waals surface area contributed by atoms with E-state index in [9.17, 15) is 0 Å². The Balaban J connectivity index is 1.18. The molecule has 11 rings (SSSR count). The van der Waals surface area contributed by atoms with Crippen molar-refractivity contribution in [3.8, 4) is 22.3 Å². The van der Waals surface area contributed by atoms with Crippen LogP contribution in [0.1, 0.15) is 115 Å². The third kappa shape index (κ3) is 4.05. The Morgan fingerprint density at radius 2 is 1.25 bits per heavy atom. The summed E-state index contributed by atoms with van der Waals surface area (Å²) in [6.45, 7) is 16.8. The molecule has 1 heteroatoms. The fraction of sp³-hybridized carbons (Fsp3) is 0.423. The van der Waals surface area contributed by atoms with Gasteiger partial charge in [-0.3, -0.25) is 0 Å². The van der Waals surface area contributed by atoms with Gasteiger partial charge in [-0.1, -0.05) is 121 Å². The van der Waals surface area contributed by atoms with Crippen molar-refractivity contribution in [1.29, 1.82) is 0 Å².